The van der Waals surface area contributed by atoms with Gasteiger partial charge < -0.3 is 14.9 Å². The molecule has 1 heterocycles. The maximum Gasteiger partial charge on any atom is 0.323 e. The van der Waals surface area contributed by atoms with Crippen LogP contribution in [0.15, 0.2) is 0 Å². The molecule has 17 heavy (non-hydrogen) atoms. The summed E-state index contributed by atoms with van der Waals surface area (Å²) >= 11 is 1.81. The van der Waals surface area contributed by atoms with Gasteiger partial charge in [0.2, 0.25) is 0 Å². The fraction of sp³-hybridized carbons (Fsp3) is 0.636. The van der Waals surface area contributed by atoms with E-state index in [0.717, 1.165) is 5.75 Å². The van der Waals surface area contributed by atoms with Gasteiger partial charge in [0.15, 0.2) is 0 Å². The molecular weight excluding hydrogens is 240 g/mol. The molecule has 0 aromatic rings. The molecule has 1 unspecified atom stereocenters. The molecule has 1 aliphatic rings. The van der Waals surface area contributed by atoms with Gasteiger partial charge >= 0.3 is 12.0 Å². The van der Waals surface area contributed by atoms with Crippen LogP contribution in [0.1, 0.15) is 6.92 Å². The zero-order chi connectivity index (χ0) is 12.8. The lowest BCUT2D eigenvalue weighted by Gasteiger charge is -2.34. The average Bonchev–Trinajstić information content (AvgIpc) is 2.27. The Morgan fingerprint density at radius 1 is 1.65 bits per heavy atom. The minimum atomic E-state index is -1.05. The summed E-state index contributed by atoms with van der Waals surface area (Å²) in [5, 5.41) is 9.10. The highest BCUT2D eigenvalue weighted by molar-refractivity contribution is 7.99. The Kier molecular flexibility index (Phi) is 5.16. The Bertz CT molecular complexity index is 340. The number of urea groups is 1. The van der Waals surface area contributed by atoms with E-state index >= 15 is 0 Å². The SMILES string of the molecule is C#CCN(CC(=O)O)C(=O)N1CCSC(C)C1. The molecule has 0 aromatic carbocycles. The third-order valence-corrected chi connectivity index (χ3v) is 3.53. The van der Waals surface area contributed by atoms with Crippen molar-refractivity contribution in [2.45, 2.75) is 12.2 Å². The van der Waals surface area contributed by atoms with E-state index in [1.807, 2.05) is 18.7 Å². The van der Waals surface area contributed by atoms with E-state index in [0.29, 0.717) is 18.3 Å². The number of carbonyl (C=O) groups excluding carboxylic acids is 1. The number of hydrogen-bond acceptors (Lipinski definition) is 3. The lowest BCUT2D eigenvalue weighted by Crippen LogP contribution is -2.49. The van der Waals surface area contributed by atoms with Gasteiger partial charge in [-0.2, -0.15) is 11.8 Å². The maximum atomic E-state index is 12.1. The quantitative estimate of drug-likeness (QED) is 0.750. The first-order chi connectivity index (χ1) is 8.04. The van der Waals surface area contributed by atoms with E-state index in [9.17, 15) is 9.59 Å². The summed E-state index contributed by atoms with van der Waals surface area (Å²) in [5.74, 6) is 2.14. The minimum Gasteiger partial charge on any atom is -0.480 e. The van der Waals surface area contributed by atoms with Crippen molar-refractivity contribution >= 4 is 23.8 Å². The van der Waals surface area contributed by atoms with Gasteiger partial charge in [0.1, 0.15) is 6.54 Å². The van der Waals surface area contributed by atoms with E-state index < -0.39 is 5.97 Å². The Morgan fingerprint density at radius 3 is 2.88 bits per heavy atom. The largest absolute Gasteiger partial charge is 0.480 e. The first-order valence-electron chi connectivity index (χ1n) is 5.35. The van der Waals surface area contributed by atoms with Crippen molar-refractivity contribution in [3.8, 4) is 12.3 Å². The fourth-order valence-electron chi connectivity index (χ4n) is 1.66. The van der Waals surface area contributed by atoms with Gasteiger partial charge in [0.05, 0.1) is 6.54 Å². The number of aliphatic carboxylic acids is 1. The van der Waals surface area contributed by atoms with Crippen LogP contribution >= 0.6 is 11.8 Å². The molecule has 0 spiro atoms. The van der Waals surface area contributed by atoms with Crippen molar-refractivity contribution < 1.29 is 14.7 Å². The maximum absolute atomic E-state index is 12.1. The molecule has 0 aliphatic carbocycles. The van der Waals surface area contributed by atoms with E-state index in [1.165, 1.54) is 4.90 Å². The number of terminal acetylenes is 1. The summed E-state index contributed by atoms with van der Waals surface area (Å²) in [4.78, 5) is 25.6. The van der Waals surface area contributed by atoms with Crippen molar-refractivity contribution in [1.29, 1.82) is 0 Å². The first-order valence-corrected chi connectivity index (χ1v) is 6.40. The number of amides is 2. The van der Waals surface area contributed by atoms with Crippen molar-refractivity contribution in [2.24, 2.45) is 0 Å². The third kappa shape index (κ3) is 4.19. The summed E-state index contributed by atoms with van der Waals surface area (Å²) in [6.45, 7) is 3.02. The van der Waals surface area contributed by atoms with Crippen LogP contribution < -0.4 is 0 Å². The molecule has 1 fully saturated rings. The Morgan fingerprint density at radius 2 is 2.35 bits per heavy atom. The van der Waals surface area contributed by atoms with Crippen molar-refractivity contribution in [1.82, 2.24) is 9.80 Å². The summed E-state index contributed by atoms with van der Waals surface area (Å²) < 4.78 is 0. The molecule has 1 aliphatic heterocycles. The first kappa shape index (κ1) is 13.7. The van der Waals surface area contributed by atoms with Crippen LogP contribution in [0.2, 0.25) is 0 Å². The fourth-order valence-corrected chi connectivity index (χ4v) is 2.67. The number of nitrogens with zero attached hydrogens (tertiary/aromatic N) is 2. The normalized spacial score (nSPS) is 19.5. The molecule has 1 saturated heterocycles. The zero-order valence-electron chi connectivity index (χ0n) is 9.76. The highest BCUT2D eigenvalue weighted by Crippen LogP contribution is 2.18. The minimum absolute atomic E-state index is 0.0309. The van der Waals surface area contributed by atoms with Crippen LogP contribution in [0.25, 0.3) is 0 Å². The van der Waals surface area contributed by atoms with Crippen molar-refractivity contribution in [2.75, 3.05) is 31.9 Å². The number of rotatable bonds is 3. The van der Waals surface area contributed by atoms with Gasteiger partial charge in [-0.15, -0.1) is 6.42 Å². The molecule has 5 nitrogen and oxygen atoms in total. The molecule has 0 aromatic heterocycles. The van der Waals surface area contributed by atoms with Crippen molar-refractivity contribution in [3.63, 3.8) is 0 Å². The number of hydrogen-bond donors (Lipinski definition) is 1. The highest BCUT2D eigenvalue weighted by Gasteiger charge is 2.26. The number of carboxylic acids is 1. The van der Waals surface area contributed by atoms with Crippen LogP contribution in [0.3, 0.4) is 0 Å². The molecule has 1 atom stereocenters. The van der Waals surface area contributed by atoms with Gasteiger partial charge in [-0.1, -0.05) is 12.8 Å². The second-order valence-electron chi connectivity index (χ2n) is 3.86. The van der Waals surface area contributed by atoms with Crippen LogP contribution in [0.5, 0.6) is 0 Å². The molecule has 2 amide bonds. The van der Waals surface area contributed by atoms with Crippen molar-refractivity contribution in [3.05, 3.63) is 0 Å². The Balaban J connectivity index is 2.63. The summed E-state index contributed by atoms with van der Waals surface area (Å²) in [7, 11) is 0. The molecule has 94 valence electrons. The summed E-state index contributed by atoms with van der Waals surface area (Å²) in [6, 6.07) is -0.280. The number of carboxylic acid groups (broad SMARTS) is 1. The van der Waals surface area contributed by atoms with Crippen LogP contribution in [-0.2, 0) is 4.79 Å². The third-order valence-electron chi connectivity index (χ3n) is 2.39. The van der Waals surface area contributed by atoms with Gasteiger partial charge in [0, 0.05) is 24.1 Å². The topological polar surface area (TPSA) is 60.9 Å². The van der Waals surface area contributed by atoms with Crippen LogP contribution in [0.4, 0.5) is 4.79 Å². The Hall–Kier alpha value is -1.35. The summed E-state index contributed by atoms with van der Waals surface area (Å²) in [6.07, 6.45) is 5.14. The van der Waals surface area contributed by atoms with E-state index in [4.69, 9.17) is 11.5 Å². The van der Waals surface area contributed by atoms with Crippen LogP contribution in [-0.4, -0.2) is 64.1 Å². The van der Waals surface area contributed by atoms with Gasteiger partial charge in [-0.25, -0.2) is 4.79 Å². The number of carbonyl (C=O) groups is 2. The molecule has 1 rings (SSSR count). The predicted molar refractivity (Wildman–Crippen MR) is 66.9 cm³/mol. The van der Waals surface area contributed by atoms with Gasteiger partial charge in [0.25, 0.3) is 0 Å². The lowest BCUT2D eigenvalue weighted by atomic mass is 10.4. The molecule has 0 radical (unpaired) electrons. The predicted octanol–water partition coefficient (Wildman–Crippen LogP) is 0.564. The Labute approximate surface area is 105 Å². The smallest absolute Gasteiger partial charge is 0.323 e. The zero-order valence-corrected chi connectivity index (χ0v) is 10.6. The van der Waals surface area contributed by atoms with Crippen LogP contribution in [0, 0.1) is 12.3 Å². The standard InChI is InChI=1S/C11H16N2O3S/c1-3-4-12(8-10(14)15)11(16)13-5-6-17-9(2)7-13/h1,9H,4-8H2,2H3,(H,14,15). The monoisotopic (exact) mass is 256 g/mol. The van der Waals surface area contributed by atoms with E-state index in [1.54, 1.807) is 4.90 Å². The second-order valence-corrected chi connectivity index (χ2v) is 5.41. The molecular formula is C11H16N2O3S. The average molecular weight is 256 g/mol. The van der Waals surface area contributed by atoms with Gasteiger partial charge in [-0.3, -0.25) is 4.79 Å². The van der Waals surface area contributed by atoms with E-state index in [-0.39, 0.29) is 19.1 Å². The van der Waals surface area contributed by atoms with Gasteiger partial charge in [-0.05, 0) is 0 Å². The lowest BCUT2D eigenvalue weighted by molar-refractivity contribution is -0.137. The molecule has 0 bridgehead atoms. The highest BCUT2D eigenvalue weighted by atomic mass is 32.2. The van der Waals surface area contributed by atoms with E-state index in [2.05, 4.69) is 5.92 Å². The molecule has 0 saturated carbocycles. The molecule has 6 heteroatoms. The molecule has 1 N–H and O–H groups in total. The summed E-state index contributed by atoms with van der Waals surface area (Å²) in [5.41, 5.74) is 0. The second kappa shape index (κ2) is 6.40. The number of thioether (sulfide) groups is 1.